The molecule has 0 radical (unpaired) electrons. The van der Waals surface area contributed by atoms with Crippen LogP contribution in [0.4, 0.5) is 5.69 Å². The first-order valence-electron chi connectivity index (χ1n) is 13.8. The van der Waals surface area contributed by atoms with Gasteiger partial charge in [-0.3, -0.25) is 13.9 Å². The first-order valence-corrected chi connectivity index (χ1v) is 16.0. The summed E-state index contributed by atoms with van der Waals surface area (Å²) in [6.07, 6.45) is 1.27. The molecule has 0 heterocycles. The fourth-order valence-corrected chi connectivity index (χ4v) is 5.62. The first-order chi connectivity index (χ1) is 20.7. The molecular formula is C33H34ClN3O5S. The molecule has 10 heteroatoms. The number of nitrogens with one attached hydrogen (secondary N) is 1. The Kier molecular flexibility index (Phi) is 10.8. The normalized spacial score (nSPS) is 11.8. The van der Waals surface area contributed by atoms with Crippen LogP contribution >= 0.6 is 11.6 Å². The van der Waals surface area contributed by atoms with Crippen molar-refractivity contribution in [3.05, 3.63) is 125 Å². The van der Waals surface area contributed by atoms with Crippen LogP contribution in [0.25, 0.3) is 0 Å². The molecule has 0 spiro atoms. The molecule has 4 aromatic carbocycles. The summed E-state index contributed by atoms with van der Waals surface area (Å²) < 4.78 is 32.9. The van der Waals surface area contributed by atoms with Crippen LogP contribution in [0.5, 0.6) is 11.5 Å². The van der Waals surface area contributed by atoms with E-state index in [1.165, 1.54) is 4.90 Å². The van der Waals surface area contributed by atoms with Gasteiger partial charge in [0.1, 0.15) is 24.1 Å². The summed E-state index contributed by atoms with van der Waals surface area (Å²) in [6, 6.07) is 31.1. The molecule has 0 saturated carbocycles. The minimum absolute atomic E-state index is 0.00853. The maximum absolute atomic E-state index is 14.1. The standard InChI is InChI=1S/C33H34ClN3O5S/c1-3-35-33(39)31(22-25-12-6-4-7-13-25)36(23-26-14-10-11-17-30(26)34)32(38)24-37(43(2,40)41)27-18-20-29(21-19-27)42-28-15-8-5-9-16-28/h4-21,31H,3,22-24H2,1-2H3,(H,35,39). The van der Waals surface area contributed by atoms with Crippen LogP contribution in [0, 0.1) is 0 Å². The molecule has 1 atom stereocenters. The van der Waals surface area contributed by atoms with Crippen LogP contribution < -0.4 is 14.4 Å². The number of halogens is 1. The Morgan fingerprint density at radius 2 is 1.42 bits per heavy atom. The van der Waals surface area contributed by atoms with E-state index in [4.69, 9.17) is 16.3 Å². The van der Waals surface area contributed by atoms with E-state index in [9.17, 15) is 18.0 Å². The van der Waals surface area contributed by atoms with E-state index in [2.05, 4.69) is 5.32 Å². The van der Waals surface area contributed by atoms with E-state index in [1.807, 2.05) is 60.7 Å². The van der Waals surface area contributed by atoms with Crippen molar-refractivity contribution in [3.63, 3.8) is 0 Å². The molecule has 1 unspecified atom stereocenters. The molecule has 0 aromatic heterocycles. The van der Waals surface area contributed by atoms with E-state index in [-0.39, 0.29) is 24.6 Å². The fraction of sp³-hybridized carbons (Fsp3) is 0.212. The number of anilines is 1. The van der Waals surface area contributed by atoms with E-state index in [0.717, 1.165) is 16.1 Å². The van der Waals surface area contributed by atoms with Gasteiger partial charge in [0, 0.05) is 24.5 Å². The van der Waals surface area contributed by atoms with Gasteiger partial charge in [0.05, 0.1) is 11.9 Å². The van der Waals surface area contributed by atoms with Crippen molar-refractivity contribution in [3.8, 4) is 11.5 Å². The second-order valence-electron chi connectivity index (χ2n) is 9.89. The molecule has 224 valence electrons. The van der Waals surface area contributed by atoms with Gasteiger partial charge in [-0.2, -0.15) is 0 Å². The average Bonchev–Trinajstić information content (AvgIpc) is 2.99. The Morgan fingerprint density at radius 1 is 0.837 bits per heavy atom. The number of para-hydroxylation sites is 1. The number of amides is 2. The number of sulfonamides is 1. The molecule has 4 aromatic rings. The van der Waals surface area contributed by atoms with Crippen molar-refractivity contribution in [2.24, 2.45) is 0 Å². The second-order valence-corrected chi connectivity index (χ2v) is 12.2. The van der Waals surface area contributed by atoms with Crippen LogP contribution in [-0.4, -0.2) is 50.5 Å². The van der Waals surface area contributed by atoms with Crippen LogP contribution in [0.3, 0.4) is 0 Å². The molecule has 0 aliphatic heterocycles. The van der Waals surface area contributed by atoms with Gasteiger partial charge in [0.25, 0.3) is 0 Å². The number of carbonyl (C=O) groups is 2. The molecule has 0 aliphatic carbocycles. The van der Waals surface area contributed by atoms with Gasteiger partial charge in [-0.05, 0) is 60.5 Å². The molecule has 2 amide bonds. The lowest BCUT2D eigenvalue weighted by atomic mass is 10.0. The predicted molar refractivity (Wildman–Crippen MR) is 170 cm³/mol. The smallest absolute Gasteiger partial charge is 0.244 e. The summed E-state index contributed by atoms with van der Waals surface area (Å²) in [5, 5.41) is 3.27. The van der Waals surface area contributed by atoms with E-state index in [0.29, 0.717) is 28.6 Å². The molecule has 0 fully saturated rings. The van der Waals surface area contributed by atoms with Crippen molar-refractivity contribution < 1.29 is 22.7 Å². The van der Waals surface area contributed by atoms with Gasteiger partial charge in [-0.15, -0.1) is 0 Å². The Labute approximate surface area is 257 Å². The zero-order valence-corrected chi connectivity index (χ0v) is 25.6. The lowest BCUT2D eigenvalue weighted by Crippen LogP contribution is -2.53. The first kappa shape index (κ1) is 31.6. The lowest BCUT2D eigenvalue weighted by molar-refractivity contribution is -0.140. The van der Waals surface area contributed by atoms with Crippen molar-refractivity contribution in [2.75, 3.05) is 23.7 Å². The molecule has 43 heavy (non-hydrogen) atoms. The number of likely N-dealkylation sites (N-methyl/N-ethyl adjacent to an activating group) is 1. The molecule has 8 nitrogen and oxygen atoms in total. The Bertz CT molecular complexity index is 1620. The van der Waals surface area contributed by atoms with Crippen LogP contribution in [0.2, 0.25) is 5.02 Å². The van der Waals surface area contributed by atoms with Gasteiger partial charge in [-0.25, -0.2) is 8.42 Å². The molecule has 0 bridgehead atoms. The Morgan fingerprint density at radius 3 is 2.02 bits per heavy atom. The van der Waals surface area contributed by atoms with Crippen molar-refractivity contribution in [1.29, 1.82) is 0 Å². The summed E-state index contributed by atoms with van der Waals surface area (Å²) >= 11 is 6.47. The topological polar surface area (TPSA) is 96.0 Å². The van der Waals surface area contributed by atoms with Crippen LogP contribution in [0.1, 0.15) is 18.1 Å². The van der Waals surface area contributed by atoms with Crippen molar-refractivity contribution >= 4 is 39.1 Å². The third-order valence-corrected chi connectivity index (χ3v) is 8.21. The number of carbonyl (C=O) groups excluding carboxylic acids is 2. The second kappa shape index (κ2) is 14.7. The highest BCUT2D eigenvalue weighted by Gasteiger charge is 2.33. The van der Waals surface area contributed by atoms with Gasteiger partial charge < -0.3 is 15.0 Å². The highest BCUT2D eigenvalue weighted by atomic mass is 35.5. The van der Waals surface area contributed by atoms with Crippen LogP contribution in [-0.2, 0) is 32.6 Å². The predicted octanol–water partition coefficient (Wildman–Crippen LogP) is 5.67. The number of hydrogen-bond acceptors (Lipinski definition) is 5. The van der Waals surface area contributed by atoms with E-state index in [1.54, 1.807) is 55.5 Å². The lowest BCUT2D eigenvalue weighted by Gasteiger charge is -2.33. The number of benzene rings is 4. The Hall–Kier alpha value is -4.34. The number of ether oxygens (including phenoxy) is 1. The van der Waals surface area contributed by atoms with Crippen molar-refractivity contribution in [2.45, 2.75) is 25.9 Å². The quantitative estimate of drug-likeness (QED) is 0.208. The van der Waals surface area contributed by atoms with Gasteiger partial charge >= 0.3 is 0 Å². The summed E-state index contributed by atoms with van der Waals surface area (Å²) in [4.78, 5) is 28.9. The third kappa shape index (κ3) is 8.83. The maximum Gasteiger partial charge on any atom is 0.244 e. The number of rotatable bonds is 13. The summed E-state index contributed by atoms with van der Waals surface area (Å²) in [7, 11) is -3.90. The largest absolute Gasteiger partial charge is 0.457 e. The monoisotopic (exact) mass is 619 g/mol. The minimum atomic E-state index is -3.90. The van der Waals surface area contributed by atoms with Gasteiger partial charge in [0.15, 0.2) is 0 Å². The summed E-state index contributed by atoms with van der Waals surface area (Å²) in [6.45, 7) is 1.65. The molecule has 4 rings (SSSR count). The third-order valence-electron chi connectivity index (χ3n) is 6.70. The Balaban J connectivity index is 1.67. The van der Waals surface area contributed by atoms with E-state index < -0.39 is 28.5 Å². The summed E-state index contributed by atoms with van der Waals surface area (Å²) in [5.74, 6) is 0.242. The van der Waals surface area contributed by atoms with Crippen molar-refractivity contribution in [1.82, 2.24) is 10.2 Å². The van der Waals surface area contributed by atoms with Gasteiger partial charge in [-0.1, -0.05) is 78.3 Å². The van der Waals surface area contributed by atoms with E-state index >= 15 is 0 Å². The zero-order valence-electron chi connectivity index (χ0n) is 24.0. The summed E-state index contributed by atoms with van der Waals surface area (Å²) in [5.41, 5.74) is 1.77. The maximum atomic E-state index is 14.1. The molecule has 1 N–H and O–H groups in total. The molecule has 0 aliphatic rings. The minimum Gasteiger partial charge on any atom is -0.457 e. The average molecular weight is 620 g/mol. The highest BCUT2D eigenvalue weighted by molar-refractivity contribution is 7.92. The SMILES string of the molecule is CCNC(=O)C(Cc1ccccc1)N(Cc1ccccc1Cl)C(=O)CN(c1ccc(Oc2ccccc2)cc1)S(C)(=O)=O. The van der Waals surface area contributed by atoms with Crippen LogP contribution in [0.15, 0.2) is 109 Å². The number of nitrogens with zero attached hydrogens (tertiary/aromatic N) is 2. The molecular weight excluding hydrogens is 586 g/mol. The fourth-order valence-electron chi connectivity index (χ4n) is 4.57. The number of hydrogen-bond donors (Lipinski definition) is 1. The zero-order chi connectivity index (χ0) is 30.8. The highest BCUT2D eigenvalue weighted by Crippen LogP contribution is 2.27. The van der Waals surface area contributed by atoms with Gasteiger partial charge in [0.2, 0.25) is 21.8 Å². The molecule has 0 saturated heterocycles.